The van der Waals surface area contributed by atoms with Gasteiger partial charge in [-0.05, 0) is 69.7 Å². The molecule has 3 aliphatic heterocycles. The Morgan fingerprint density at radius 2 is 1.62 bits per heavy atom. The van der Waals surface area contributed by atoms with Crippen molar-refractivity contribution in [1.82, 2.24) is 30.7 Å². The number of cyclic esters (lactones) is 1. The van der Waals surface area contributed by atoms with Gasteiger partial charge in [0.05, 0.1) is 0 Å². The molecule has 1 aromatic rings. The fourth-order valence-corrected chi connectivity index (χ4v) is 6.37. The predicted octanol–water partition coefficient (Wildman–Crippen LogP) is 0.151. The maximum atomic E-state index is 14.2. The van der Waals surface area contributed by atoms with Gasteiger partial charge in [-0.15, -0.1) is 0 Å². The minimum atomic E-state index is -1.45. The van der Waals surface area contributed by atoms with E-state index in [9.17, 15) is 38.7 Å². The largest absolute Gasteiger partial charge is 0.508 e. The number of ether oxygens (including phenoxy) is 1. The quantitative estimate of drug-likeness (QED) is 0.216. The number of fused-ring (bicyclic) bond motifs is 2. The Morgan fingerprint density at radius 1 is 0.980 bits per heavy atom. The highest BCUT2D eigenvalue weighted by Gasteiger charge is 2.43. The second-order valence-electron chi connectivity index (χ2n) is 13.0. The lowest BCUT2D eigenvalue weighted by molar-refractivity contribution is -0.158. The van der Waals surface area contributed by atoms with Crippen molar-refractivity contribution in [3.8, 4) is 5.75 Å². The number of unbranched alkanes of at least 4 members (excludes halogenated alkanes) is 1. The van der Waals surface area contributed by atoms with Crippen molar-refractivity contribution < 1.29 is 43.4 Å². The molecule has 0 saturated carbocycles. The van der Waals surface area contributed by atoms with Gasteiger partial charge in [-0.25, -0.2) is 4.79 Å². The molecule has 3 fully saturated rings. The van der Waals surface area contributed by atoms with E-state index in [1.165, 1.54) is 53.8 Å². The molecule has 15 heteroatoms. The summed E-state index contributed by atoms with van der Waals surface area (Å²) in [7, 11) is 1.45. The Morgan fingerprint density at radius 3 is 2.28 bits per heavy atom. The molecule has 0 spiro atoms. The Labute approximate surface area is 291 Å². The van der Waals surface area contributed by atoms with Gasteiger partial charge < -0.3 is 40.5 Å². The van der Waals surface area contributed by atoms with Crippen LogP contribution in [0, 0.1) is 0 Å². The lowest BCUT2D eigenvalue weighted by Crippen LogP contribution is -2.60. The zero-order valence-electron chi connectivity index (χ0n) is 29.1. The van der Waals surface area contributed by atoms with E-state index in [0.717, 1.165) is 6.42 Å². The minimum Gasteiger partial charge on any atom is -0.508 e. The van der Waals surface area contributed by atoms with Crippen LogP contribution in [0.3, 0.4) is 0 Å². The van der Waals surface area contributed by atoms with Crippen LogP contribution in [0.1, 0.15) is 64.9 Å². The molecule has 0 bridgehead atoms. The van der Waals surface area contributed by atoms with Crippen LogP contribution in [-0.2, 0) is 44.7 Å². The van der Waals surface area contributed by atoms with Crippen molar-refractivity contribution in [3.05, 3.63) is 42.0 Å². The molecule has 0 aliphatic carbocycles. The topological polar surface area (TPSA) is 195 Å². The molecule has 272 valence electrons. The van der Waals surface area contributed by atoms with Crippen LogP contribution in [0.4, 0.5) is 0 Å². The summed E-state index contributed by atoms with van der Waals surface area (Å²) in [6, 6.07) is -0.401. The number of aromatic hydroxyl groups is 1. The molecule has 4 N–H and O–H groups in total. The number of benzene rings is 1. The summed E-state index contributed by atoms with van der Waals surface area (Å²) in [6.07, 6.45) is 6.09. The first-order valence-electron chi connectivity index (χ1n) is 17.2. The van der Waals surface area contributed by atoms with Crippen LogP contribution in [0.5, 0.6) is 5.75 Å². The van der Waals surface area contributed by atoms with Crippen LogP contribution >= 0.6 is 0 Å². The van der Waals surface area contributed by atoms with Gasteiger partial charge in [0, 0.05) is 26.6 Å². The highest BCUT2D eigenvalue weighted by atomic mass is 16.5. The summed E-state index contributed by atoms with van der Waals surface area (Å²) >= 11 is 0. The third-order valence-electron chi connectivity index (χ3n) is 9.41. The second kappa shape index (κ2) is 17.1. The number of nitrogens with zero attached hydrogens (tertiary/aromatic N) is 3. The molecule has 0 unspecified atom stereocenters. The van der Waals surface area contributed by atoms with E-state index in [0.29, 0.717) is 37.7 Å². The van der Waals surface area contributed by atoms with E-state index in [4.69, 9.17) is 4.74 Å². The van der Waals surface area contributed by atoms with Crippen LogP contribution < -0.4 is 16.0 Å². The molecule has 3 heterocycles. The second-order valence-corrected chi connectivity index (χ2v) is 13.0. The first kappa shape index (κ1) is 37.9. The third kappa shape index (κ3) is 9.18. The Bertz CT molecular complexity index is 1480. The number of phenolic OH excluding ortho intramolecular Hbond substituents is 1. The Kier molecular flexibility index (Phi) is 13.0. The number of hydrogen-bond donors (Lipinski definition) is 4. The standard InChI is InChI=1S/C35H48N6O9/c1-5-6-7-12-29(43)37-25(19-23-13-15-24(42)16-14-23)31(45)38-26-20-50-35(49)28-11-9-18-41(28)32(46)21(2)36-30(44)22(3)39(4)34(48)27-10-8-17-40(27)33(26)47/h7,12-16,21-22,25-28,42H,5-6,8-11,17-20H2,1-4H3,(H,36,44)(H,37,43)(H,38,45)/b12-7+/t21-,22-,25+,26-,27-,28-/m0/s1. The number of carbonyl (C=O) groups is 7. The number of nitrogens with one attached hydrogen (secondary N) is 3. The Hall–Kier alpha value is -4.95. The number of phenols is 1. The van der Waals surface area contributed by atoms with Crippen molar-refractivity contribution in [3.63, 3.8) is 0 Å². The van der Waals surface area contributed by atoms with Crippen molar-refractivity contribution in [2.45, 2.75) is 102 Å². The average Bonchev–Trinajstić information content (AvgIpc) is 3.79. The van der Waals surface area contributed by atoms with E-state index < -0.39 is 84.3 Å². The summed E-state index contributed by atoms with van der Waals surface area (Å²) in [6.45, 7) is 4.84. The molecule has 6 amide bonds. The van der Waals surface area contributed by atoms with E-state index in [1.54, 1.807) is 18.2 Å². The van der Waals surface area contributed by atoms with Gasteiger partial charge in [-0.2, -0.15) is 0 Å². The van der Waals surface area contributed by atoms with E-state index in [2.05, 4.69) is 16.0 Å². The monoisotopic (exact) mass is 696 g/mol. The van der Waals surface area contributed by atoms with Gasteiger partial charge >= 0.3 is 5.97 Å². The zero-order chi connectivity index (χ0) is 36.5. The van der Waals surface area contributed by atoms with Gasteiger partial charge in [0.2, 0.25) is 35.4 Å². The number of rotatable bonds is 8. The number of amides is 6. The SMILES string of the molecule is CCC/C=C/C(=O)N[C@H](Cc1ccc(O)cc1)C(=O)N[C@H]1COC(=O)[C@@H]2CCCN2C(=O)[C@H](C)NC(=O)[C@H](C)N(C)C(=O)[C@@H]2CCCN2C1=O. The van der Waals surface area contributed by atoms with E-state index in [1.807, 2.05) is 6.92 Å². The van der Waals surface area contributed by atoms with Crippen LogP contribution in [0.2, 0.25) is 0 Å². The maximum absolute atomic E-state index is 14.2. The lowest BCUT2D eigenvalue weighted by atomic mass is 10.0. The van der Waals surface area contributed by atoms with Crippen molar-refractivity contribution in [1.29, 1.82) is 0 Å². The van der Waals surface area contributed by atoms with E-state index in [-0.39, 0.29) is 25.3 Å². The molecule has 6 atom stereocenters. The summed E-state index contributed by atoms with van der Waals surface area (Å²) < 4.78 is 5.61. The van der Waals surface area contributed by atoms with Crippen LogP contribution in [-0.4, -0.2) is 124 Å². The van der Waals surface area contributed by atoms with Crippen molar-refractivity contribution in [2.75, 3.05) is 26.7 Å². The average molecular weight is 697 g/mol. The van der Waals surface area contributed by atoms with Gasteiger partial charge in [0.25, 0.3) is 0 Å². The third-order valence-corrected chi connectivity index (χ3v) is 9.41. The maximum Gasteiger partial charge on any atom is 0.328 e. The van der Waals surface area contributed by atoms with Crippen molar-refractivity contribution >= 4 is 41.4 Å². The molecule has 15 nitrogen and oxygen atoms in total. The molecular weight excluding hydrogens is 648 g/mol. The van der Waals surface area contributed by atoms with Gasteiger partial charge in [0.1, 0.15) is 48.6 Å². The summed E-state index contributed by atoms with van der Waals surface area (Å²) in [5.41, 5.74) is 0.614. The molecule has 3 saturated heterocycles. The number of likely N-dealkylation sites (N-methyl/N-ethyl adjacent to an activating group) is 1. The molecule has 50 heavy (non-hydrogen) atoms. The Balaban J connectivity index is 1.65. The minimum absolute atomic E-state index is 0.00702. The number of allylic oxidation sites excluding steroid dienone is 1. The predicted molar refractivity (Wildman–Crippen MR) is 180 cm³/mol. The van der Waals surface area contributed by atoms with Gasteiger partial charge in [0.15, 0.2) is 0 Å². The van der Waals surface area contributed by atoms with Crippen LogP contribution in [0.15, 0.2) is 36.4 Å². The zero-order valence-corrected chi connectivity index (χ0v) is 29.1. The van der Waals surface area contributed by atoms with Gasteiger partial charge in [-0.3, -0.25) is 28.8 Å². The first-order valence-corrected chi connectivity index (χ1v) is 17.2. The normalized spacial score (nSPS) is 26.0. The highest BCUT2D eigenvalue weighted by Crippen LogP contribution is 2.23. The molecule has 3 aliphatic rings. The summed E-state index contributed by atoms with van der Waals surface area (Å²) in [5, 5.41) is 17.7. The van der Waals surface area contributed by atoms with Crippen molar-refractivity contribution in [2.24, 2.45) is 0 Å². The summed E-state index contributed by atoms with van der Waals surface area (Å²) in [4.78, 5) is 98.3. The summed E-state index contributed by atoms with van der Waals surface area (Å²) in [5.74, 6) is -4.26. The molecular formula is C35H48N6O9. The molecule has 0 radical (unpaired) electrons. The first-order chi connectivity index (χ1) is 23.8. The lowest BCUT2D eigenvalue weighted by Gasteiger charge is -2.34. The highest BCUT2D eigenvalue weighted by molar-refractivity contribution is 5.98. The van der Waals surface area contributed by atoms with Crippen LogP contribution in [0.25, 0.3) is 0 Å². The number of hydrogen-bond acceptors (Lipinski definition) is 9. The molecule has 4 rings (SSSR count). The van der Waals surface area contributed by atoms with E-state index >= 15 is 0 Å². The fraction of sp³-hybridized carbons (Fsp3) is 0.571. The molecule has 1 aromatic carbocycles. The number of esters is 1. The number of carbonyl (C=O) groups excluding carboxylic acids is 7. The van der Waals surface area contributed by atoms with Gasteiger partial charge in [-0.1, -0.05) is 31.6 Å². The molecule has 0 aromatic heterocycles. The smallest absolute Gasteiger partial charge is 0.328 e. The fourth-order valence-electron chi connectivity index (χ4n) is 6.37.